The molecule has 0 saturated carbocycles. The van der Waals surface area contributed by atoms with E-state index in [-0.39, 0.29) is 0 Å². The molecule has 3 heterocycles. The fourth-order valence-electron chi connectivity index (χ4n) is 4.38. The lowest BCUT2D eigenvalue weighted by atomic mass is 10.2. The molecule has 6 nitrogen and oxygen atoms in total. The molecule has 2 aromatic carbocycles. The normalized spacial score (nSPS) is 19.0. The lowest BCUT2D eigenvalue weighted by Gasteiger charge is -2.23. The third-order valence-electron chi connectivity index (χ3n) is 6.30. The van der Waals surface area contributed by atoms with Gasteiger partial charge in [0.15, 0.2) is 0 Å². The van der Waals surface area contributed by atoms with Crippen molar-refractivity contribution in [2.45, 2.75) is 25.7 Å². The first kappa shape index (κ1) is 20.8. The van der Waals surface area contributed by atoms with Gasteiger partial charge in [-0.1, -0.05) is 30.3 Å². The molecule has 0 bridgehead atoms. The molecule has 1 saturated heterocycles. The fourth-order valence-corrected chi connectivity index (χ4v) is 4.38. The second kappa shape index (κ2) is 9.59. The quantitative estimate of drug-likeness (QED) is 0.536. The summed E-state index contributed by atoms with van der Waals surface area (Å²) in [7, 11) is 1.80. The van der Waals surface area contributed by atoms with Crippen molar-refractivity contribution in [2.75, 3.05) is 38.2 Å². The third-order valence-corrected chi connectivity index (χ3v) is 6.30. The van der Waals surface area contributed by atoms with Crippen molar-refractivity contribution in [2.24, 2.45) is 0 Å². The number of hydrogen-bond acceptors (Lipinski definition) is 5. The SMILES string of the molecule is CO[C@H]1CCN(CCn2ncc3cc(N4C=CC(OCc5ccccc5)=CC4)ccc32)C1. The Bertz CT molecular complexity index is 1110. The summed E-state index contributed by atoms with van der Waals surface area (Å²) >= 11 is 0. The van der Waals surface area contributed by atoms with Crippen molar-refractivity contribution < 1.29 is 9.47 Å². The van der Waals surface area contributed by atoms with Gasteiger partial charge in [0.2, 0.25) is 0 Å². The van der Waals surface area contributed by atoms with Crippen LogP contribution in [0.5, 0.6) is 0 Å². The van der Waals surface area contributed by atoms with Crippen LogP contribution in [0, 0.1) is 0 Å². The molecule has 32 heavy (non-hydrogen) atoms. The average molecular weight is 431 g/mol. The smallest absolute Gasteiger partial charge is 0.119 e. The monoisotopic (exact) mass is 430 g/mol. The summed E-state index contributed by atoms with van der Waals surface area (Å²) in [6.07, 6.45) is 9.71. The van der Waals surface area contributed by atoms with Crippen molar-refractivity contribution >= 4 is 16.6 Å². The van der Waals surface area contributed by atoms with Crippen molar-refractivity contribution in [1.29, 1.82) is 0 Å². The molecule has 166 valence electrons. The van der Waals surface area contributed by atoms with Crippen LogP contribution in [0.4, 0.5) is 5.69 Å². The Labute approximate surface area is 189 Å². The Morgan fingerprint density at radius 1 is 1.09 bits per heavy atom. The molecule has 3 aromatic rings. The largest absolute Gasteiger partial charge is 0.489 e. The zero-order valence-corrected chi connectivity index (χ0v) is 18.6. The van der Waals surface area contributed by atoms with Crippen LogP contribution in [0.25, 0.3) is 10.9 Å². The molecule has 6 heteroatoms. The fraction of sp³-hybridized carbons (Fsp3) is 0.346. The van der Waals surface area contributed by atoms with E-state index in [1.807, 2.05) is 30.5 Å². The molecule has 2 aliphatic heterocycles. The summed E-state index contributed by atoms with van der Waals surface area (Å²) in [6, 6.07) is 16.8. The van der Waals surface area contributed by atoms with Crippen LogP contribution < -0.4 is 4.90 Å². The maximum absolute atomic E-state index is 5.93. The Hall–Kier alpha value is -3.09. The average Bonchev–Trinajstić information content (AvgIpc) is 3.48. The van der Waals surface area contributed by atoms with Gasteiger partial charge in [-0.2, -0.15) is 5.10 Å². The first-order valence-corrected chi connectivity index (χ1v) is 11.3. The van der Waals surface area contributed by atoms with Gasteiger partial charge in [-0.15, -0.1) is 0 Å². The number of nitrogens with zero attached hydrogens (tertiary/aromatic N) is 4. The minimum atomic E-state index is 0.378. The van der Waals surface area contributed by atoms with Crippen molar-refractivity contribution in [3.8, 4) is 0 Å². The van der Waals surface area contributed by atoms with Gasteiger partial charge in [0.25, 0.3) is 0 Å². The number of benzene rings is 2. The molecule has 2 aliphatic rings. The summed E-state index contributed by atoms with van der Waals surface area (Å²) in [4.78, 5) is 4.68. The van der Waals surface area contributed by atoms with E-state index in [1.54, 1.807) is 7.11 Å². The van der Waals surface area contributed by atoms with E-state index in [1.165, 1.54) is 16.5 Å². The lowest BCUT2D eigenvalue weighted by molar-refractivity contribution is 0.107. The van der Waals surface area contributed by atoms with Gasteiger partial charge in [-0.25, -0.2) is 0 Å². The summed E-state index contributed by atoms with van der Waals surface area (Å²) < 4.78 is 13.5. The first-order chi connectivity index (χ1) is 15.8. The number of fused-ring (bicyclic) bond motifs is 1. The number of ether oxygens (including phenoxy) is 2. The Morgan fingerprint density at radius 3 is 2.78 bits per heavy atom. The third kappa shape index (κ3) is 4.71. The molecule has 0 unspecified atom stereocenters. The van der Waals surface area contributed by atoms with E-state index >= 15 is 0 Å². The number of methoxy groups -OCH3 is 1. The molecule has 0 amide bonds. The van der Waals surface area contributed by atoms with Gasteiger partial charge in [-0.05, 0) is 42.3 Å². The molecule has 1 fully saturated rings. The Balaban J connectivity index is 1.18. The topological polar surface area (TPSA) is 42.8 Å². The predicted octanol–water partition coefficient (Wildman–Crippen LogP) is 4.19. The molecule has 5 rings (SSSR count). The van der Waals surface area contributed by atoms with Crippen LogP contribution in [0.3, 0.4) is 0 Å². The van der Waals surface area contributed by atoms with E-state index in [0.29, 0.717) is 12.7 Å². The predicted molar refractivity (Wildman–Crippen MR) is 127 cm³/mol. The van der Waals surface area contributed by atoms with Gasteiger partial charge >= 0.3 is 0 Å². The Kier molecular flexibility index (Phi) is 6.23. The number of rotatable bonds is 8. The zero-order valence-electron chi connectivity index (χ0n) is 18.6. The minimum Gasteiger partial charge on any atom is -0.489 e. The van der Waals surface area contributed by atoms with Crippen LogP contribution in [-0.4, -0.2) is 54.1 Å². The standard InChI is InChI=1S/C26H30N4O2/c1-31-25-9-12-28(19-25)15-16-30-26-8-7-23(17-22(26)18-27-30)29-13-10-24(11-14-29)32-20-21-5-3-2-4-6-21/h2-8,10-11,13,17-18,25H,9,12,14-16,19-20H2,1H3/t25-/m0/s1. The van der Waals surface area contributed by atoms with Gasteiger partial charge in [0, 0.05) is 50.6 Å². The van der Waals surface area contributed by atoms with E-state index in [9.17, 15) is 0 Å². The van der Waals surface area contributed by atoms with E-state index in [4.69, 9.17) is 9.47 Å². The van der Waals surface area contributed by atoms with E-state index in [0.717, 1.165) is 50.6 Å². The van der Waals surface area contributed by atoms with Gasteiger partial charge in [-0.3, -0.25) is 9.58 Å². The summed E-state index contributed by atoms with van der Waals surface area (Å²) in [6.45, 7) is 5.40. The molecule has 0 N–H and O–H groups in total. The molecular formula is C26H30N4O2. The maximum Gasteiger partial charge on any atom is 0.119 e. The summed E-state index contributed by atoms with van der Waals surface area (Å²) in [5.74, 6) is 0.914. The number of hydrogen-bond donors (Lipinski definition) is 0. The summed E-state index contributed by atoms with van der Waals surface area (Å²) in [5.41, 5.74) is 3.52. The van der Waals surface area contributed by atoms with E-state index in [2.05, 4.69) is 62.2 Å². The number of likely N-dealkylation sites (tertiary alicyclic amines) is 1. The molecule has 0 spiro atoms. The number of aromatic nitrogens is 2. The number of anilines is 1. The van der Waals surface area contributed by atoms with Gasteiger partial charge in [0.05, 0.1) is 24.4 Å². The van der Waals surface area contributed by atoms with Crippen LogP contribution in [0.1, 0.15) is 12.0 Å². The van der Waals surface area contributed by atoms with Crippen LogP contribution in [0.2, 0.25) is 0 Å². The van der Waals surface area contributed by atoms with E-state index < -0.39 is 0 Å². The molecule has 0 radical (unpaired) electrons. The highest BCUT2D eigenvalue weighted by molar-refractivity contribution is 5.83. The van der Waals surface area contributed by atoms with Crippen LogP contribution in [-0.2, 0) is 22.6 Å². The maximum atomic E-state index is 5.93. The van der Waals surface area contributed by atoms with Crippen molar-refractivity contribution in [3.63, 3.8) is 0 Å². The molecular weight excluding hydrogens is 400 g/mol. The van der Waals surface area contributed by atoms with Crippen LogP contribution in [0.15, 0.2) is 78.8 Å². The highest BCUT2D eigenvalue weighted by atomic mass is 16.5. The molecule has 0 aliphatic carbocycles. The zero-order chi connectivity index (χ0) is 21.8. The second-order valence-electron chi connectivity index (χ2n) is 8.41. The highest BCUT2D eigenvalue weighted by Gasteiger charge is 2.21. The second-order valence-corrected chi connectivity index (χ2v) is 8.41. The highest BCUT2D eigenvalue weighted by Crippen LogP contribution is 2.25. The van der Waals surface area contributed by atoms with Crippen molar-refractivity contribution in [1.82, 2.24) is 14.7 Å². The summed E-state index contributed by atoms with van der Waals surface area (Å²) in [5, 5.41) is 5.81. The first-order valence-electron chi connectivity index (χ1n) is 11.3. The molecule has 1 atom stereocenters. The van der Waals surface area contributed by atoms with Gasteiger partial charge in [0.1, 0.15) is 12.4 Å². The minimum absolute atomic E-state index is 0.378. The number of allylic oxidation sites excluding steroid dienone is 1. The van der Waals surface area contributed by atoms with Gasteiger partial charge < -0.3 is 14.4 Å². The van der Waals surface area contributed by atoms with Crippen molar-refractivity contribution in [3.05, 3.63) is 84.4 Å². The Morgan fingerprint density at radius 2 is 2.00 bits per heavy atom. The molecule has 1 aromatic heterocycles. The lowest BCUT2D eigenvalue weighted by Crippen LogP contribution is -2.27. The van der Waals surface area contributed by atoms with Crippen LogP contribution >= 0.6 is 0 Å².